The van der Waals surface area contributed by atoms with Crippen molar-refractivity contribution < 1.29 is 4.74 Å². The standard InChI is InChI=1S/C30H30O/c1-21-13-5-9-17-25(21)29(26-18-10-6-14-22(26)2)31-30(27-19-11-7-15-23(27)3)28-20-12-8-16-24(28)4/h5-20,29-30H,1-4H3. The molecule has 0 N–H and O–H groups in total. The van der Waals surface area contributed by atoms with Gasteiger partial charge in [0.2, 0.25) is 0 Å². The number of hydrogen-bond acceptors (Lipinski definition) is 1. The molecular weight excluding hydrogens is 376 g/mol. The number of benzene rings is 4. The lowest BCUT2D eigenvalue weighted by atomic mass is 9.91. The van der Waals surface area contributed by atoms with Gasteiger partial charge in [-0.1, -0.05) is 97.1 Å². The summed E-state index contributed by atoms with van der Waals surface area (Å²) in [6.45, 7) is 8.67. The molecule has 0 aliphatic rings. The lowest BCUT2D eigenvalue weighted by molar-refractivity contribution is 0.0295. The quantitative estimate of drug-likeness (QED) is 0.317. The molecule has 0 saturated heterocycles. The lowest BCUT2D eigenvalue weighted by Crippen LogP contribution is -2.16. The van der Waals surface area contributed by atoms with Gasteiger partial charge in [-0.05, 0) is 72.2 Å². The number of hydrogen-bond donors (Lipinski definition) is 0. The van der Waals surface area contributed by atoms with Crippen molar-refractivity contribution in [3.63, 3.8) is 0 Å². The highest BCUT2D eigenvalue weighted by molar-refractivity contribution is 5.42. The maximum absolute atomic E-state index is 7.12. The molecule has 0 unspecified atom stereocenters. The van der Waals surface area contributed by atoms with Crippen LogP contribution in [0.5, 0.6) is 0 Å². The first-order valence-electron chi connectivity index (χ1n) is 10.9. The van der Waals surface area contributed by atoms with Gasteiger partial charge < -0.3 is 4.74 Å². The van der Waals surface area contributed by atoms with E-state index in [1.54, 1.807) is 0 Å². The summed E-state index contributed by atoms with van der Waals surface area (Å²) in [5, 5.41) is 0. The first kappa shape index (κ1) is 21.1. The van der Waals surface area contributed by atoms with Gasteiger partial charge >= 0.3 is 0 Å². The van der Waals surface area contributed by atoms with Crippen molar-refractivity contribution in [1.29, 1.82) is 0 Å². The predicted octanol–water partition coefficient (Wildman–Crippen LogP) is 7.82. The van der Waals surface area contributed by atoms with E-state index in [1.165, 1.54) is 44.5 Å². The first-order valence-corrected chi connectivity index (χ1v) is 10.9. The van der Waals surface area contributed by atoms with Gasteiger partial charge in [-0.15, -0.1) is 0 Å². The van der Waals surface area contributed by atoms with Crippen molar-refractivity contribution in [2.75, 3.05) is 0 Å². The molecule has 4 aromatic rings. The first-order chi connectivity index (χ1) is 15.1. The maximum atomic E-state index is 7.12. The highest BCUT2D eigenvalue weighted by Gasteiger charge is 2.26. The molecule has 0 aliphatic carbocycles. The van der Waals surface area contributed by atoms with Crippen LogP contribution in [0.25, 0.3) is 0 Å². The van der Waals surface area contributed by atoms with Gasteiger partial charge in [0.15, 0.2) is 0 Å². The summed E-state index contributed by atoms with van der Waals surface area (Å²) in [7, 11) is 0. The van der Waals surface area contributed by atoms with Crippen LogP contribution >= 0.6 is 0 Å². The third-order valence-electron chi connectivity index (χ3n) is 6.16. The number of ether oxygens (including phenoxy) is 1. The fourth-order valence-electron chi connectivity index (χ4n) is 4.29. The van der Waals surface area contributed by atoms with Gasteiger partial charge in [-0.2, -0.15) is 0 Å². The normalized spacial score (nSPS) is 11.3. The minimum Gasteiger partial charge on any atom is -0.356 e. The van der Waals surface area contributed by atoms with Crippen molar-refractivity contribution in [3.05, 3.63) is 142 Å². The van der Waals surface area contributed by atoms with Gasteiger partial charge in [0, 0.05) is 0 Å². The summed E-state index contributed by atoms with van der Waals surface area (Å²) in [4.78, 5) is 0. The van der Waals surface area contributed by atoms with E-state index >= 15 is 0 Å². The molecule has 0 spiro atoms. The van der Waals surface area contributed by atoms with Crippen LogP contribution in [0.15, 0.2) is 97.1 Å². The average Bonchev–Trinajstić information content (AvgIpc) is 2.78. The van der Waals surface area contributed by atoms with Crippen molar-refractivity contribution in [3.8, 4) is 0 Å². The number of aryl methyl sites for hydroxylation is 4. The van der Waals surface area contributed by atoms with E-state index in [0.717, 1.165) is 0 Å². The van der Waals surface area contributed by atoms with Gasteiger partial charge in [-0.3, -0.25) is 0 Å². The van der Waals surface area contributed by atoms with Crippen LogP contribution in [-0.2, 0) is 4.74 Å². The van der Waals surface area contributed by atoms with Crippen LogP contribution in [0.3, 0.4) is 0 Å². The summed E-state index contributed by atoms with van der Waals surface area (Å²) in [5.41, 5.74) is 9.81. The largest absolute Gasteiger partial charge is 0.356 e. The maximum Gasteiger partial charge on any atom is 0.109 e. The van der Waals surface area contributed by atoms with E-state index in [1.807, 2.05) is 0 Å². The Kier molecular flexibility index (Phi) is 6.34. The summed E-state index contributed by atoms with van der Waals surface area (Å²) in [6.07, 6.45) is -0.321. The van der Waals surface area contributed by atoms with Gasteiger partial charge in [0.1, 0.15) is 12.2 Å². The minimum absolute atomic E-state index is 0.161. The van der Waals surface area contributed by atoms with Gasteiger partial charge in [0.25, 0.3) is 0 Å². The van der Waals surface area contributed by atoms with E-state index in [9.17, 15) is 0 Å². The van der Waals surface area contributed by atoms with Gasteiger partial charge in [0.05, 0.1) is 0 Å². The summed E-state index contributed by atoms with van der Waals surface area (Å²) >= 11 is 0. The van der Waals surface area contributed by atoms with E-state index in [-0.39, 0.29) is 12.2 Å². The van der Waals surface area contributed by atoms with Crippen LogP contribution in [0.1, 0.15) is 56.7 Å². The Morgan fingerprint density at radius 1 is 0.387 bits per heavy atom. The molecule has 0 radical (unpaired) electrons. The second kappa shape index (κ2) is 9.32. The van der Waals surface area contributed by atoms with Crippen LogP contribution in [0.4, 0.5) is 0 Å². The molecule has 0 heterocycles. The van der Waals surface area contributed by atoms with Crippen molar-refractivity contribution >= 4 is 0 Å². The highest BCUT2D eigenvalue weighted by Crippen LogP contribution is 2.39. The molecule has 1 nitrogen and oxygen atoms in total. The monoisotopic (exact) mass is 406 g/mol. The zero-order valence-corrected chi connectivity index (χ0v) is 18.8. The molecule has 0 amide bonds. The molecule has 0 saturated carbocycles. The highest BCUT2D eigenvalue weighted by atomic mass is 16.5. The third kappa shape index (κ3) is 4.47. The zero-order chi connectivity index (χ0) is 21.8. The Labute approximate surface area is 186 Å². The Bertz CT molecular complexity index is 990. The molecule has 0 fully saturated rings. The van der Waals surface area contributed by atoms with Crippen LogP contribution in [-0.4, -0.2) is 0 Å². The topological polar surface area (TPSA) is 9.23 Å². The minimum atomic E-state index is -0.161. The molecule has 4 rings (SSSR count). The Morgan fingerprint density at radius 3 is 0.839 bits per heavy atom. The third-order valence-corrected chi connectivity index (χ3v) is 6.16. The molecule has 156 valence electrons. The summed E-state index contributed by atoms with van der Waals surface area (Å²) in [6, 6.07) is 34.2. The molecule has 0 atom stereocenters. The zero-order valence-electron chi connectivity index (χ0n) is 18.8. The van der Waals surface area contributed by atoms with E-state index in [4.69, 9.17) is 4.74 Å². The van der Waals surface area contributed by atoms with Crippen molar-refractivity contribution in [2.24, 2.45) is 0 Å². The SMILES string of the molecule is Cc1ccccc1C(OC(c1ccccc1C)c1ccccc1C)c1ccccc1C. The molecule has 0 aliphatic heterocycles. The molecule has 1 heteroatoms. The summed E-state index contributed by atoms with van der Waals surface area (Å²) in [5.74, 6) is 0. The second-order valence-corrected chi connectivity index (χ2v) is 8.32. The fourth-order valence-corrected chi connectivity index (χ4v) is 4.29. The van der Waals surface area contributed by atoms with Crippen molar-refractivity contribution in [2.45, 2.75) is 39.9 Å². The average molecular weight is 407 g/mol. The van der Waals surface area contributed by atoms with E-state index < -0.39 is 0 Å². The van der Waals surface area contributed by atoms with E-state index in [0.29, 0.717) is 0 Å². The smallest absolute Gasteiger partial charge is 0.109 e. The van der Waals surface area contributed by atoms with Crippen LogP contribution in [0, 0.1) is 27.7 Å². The molecule has 31 heavy (non-hydrogen) atoms. The van der Waals surface area contributed by atoms with Gasteiger partial charge in [-0.25, -0.2) is 0 Å². The molecule has 0 bridgehead atoms. The van der Waals surface area contributed by atoms with Crippen LogP contribution < -0.4 is 0 Å². The van der Waals surface area contributed by atoms with E-state index in [2.05, 4.69) is 125 Å². The molecular formula is C30H30O. The van der Waals surface area contributed by atoms with Crippen LogP contribution in [0.2, 0.25) is 0 Å². The number of rotatable bonds is 6. The Hall–Kier alpha value is -3.16. The molecule has 4 aromatic carbocycles. The fraction of sp³-hybridized carbons (Fsp3) is 0.200. The second-order valence-electron chi connectivity index (χ2n) is 8.32. The summed E-state index contributed by atoms with van der Waals surface area (Å²) < 4.78 is 7.12. The molecule has 0 aromatic heterocycles. The Balaban J connectivity index is 1.89. The lowest BCUT2D eigenvalue weighted by Gasteiger charge is -2.30. The Morgan fingerprint density at radius 2 is 0.613 bits per heavy atom. The predicted molar refractivity (Wildman–Crippen MR) is 129 cm³/mol. The van der Waals surface area contributed by atoms with Crippen molar-refractivity contribution in [1.82, 2.24) is 0 Å².